The van der Waals surface area contributed by atoms with Crippen LogP contribution in [0, 0.1) is 6.92 Å². The zero-order valence-electron chi connectivity index (χ0n) is 13.2. The van der Waals surface area contributed by atoms with Crippen molar-refractivity contribution in [3.05, 3.63) is 70.9 Å². The van der Waals surface area contributed by atoms with E-state index in [0.717, 1.165) is 11.1 Å². The maximum atomic E-state index is 12.3. The monoisotopic (exact) mass is 372 g/mol. The number of hydrogen-bond donors (Lipinski definition) is 1. The second kappa shape index (κ2) is 5.75. The molecule has 1 aliphatic rings. The molecule has 7 heteroatoms. The Kier molecular flexibility index (Phi) is 3.67. The second-order valence-electron chi connectivity index (χ2n) is 5.61. The number of fused-ring (bicyclic) bond motifs is 1. The van der Waals surface area contributed by atoms with Gasteiger partial charge in [0.1, 0.15) is 10.7 Å². The number of hydrogen-bond acceptors (Lipinski definition) is 4. The standard InChI is InChI=1S/C18H13ClN2O3S/c1-11-12(5-4-6-13(11)19)15-9-10-16(24-15)18-20-14-7-2-3-8-17(14)25(22,23)21-18/h2-10H,1H3,(H,20,21). The third-order valence-electron chi connectivity index (χ3n) is 4.00. The average molecular weight is 373 g/mol. The van der Waals surface area contributed by atoms with E-state index in [-0.39, 0.29) is 10.7 Å². The summed E-state index contributed by atoms with van der Waals surface area (Å²) in [4.78, 5) is 0.149. The van der Waals surface area contributed by atoms with Gasteiger partial charge >= 0.3 is 0 Å². The molecule has 2 heterocycles. The number of benzene rings is 2. The zero-order chi connectivity index (χ0) is 17.6. The van der Waals surface area contributed by atoms with Gasteiger partial charge in [0, 0.05) is 10.6 Å². The van der Waals surface area contributed by atoms with Gasteiger partial charge in [0.15, 0.2) is 11.6 Å². The lowest BCUT2D eigenvalue weighted by Gasteiger charge is -2.16. The Balaban J connectivity index is 1.77. The summed E-state index contributed by atoms with van der Waals surface area (Å²) >= 11 is 6.16. The summed E-state index contributed by atoms with van der Waals surface area (Å²) in [5.74, 6) is 1.09. The molecule has 5 nitrogen and oxygen atoms in total. The highest BCUT2D eigenvalue weighted by atomic mass is 35.5. The number of furan rings is 1. The molecule has 0 bridgehead atoms. The van der Waals surface area contributed by atoms with Crippen LogP contribution in [0.2, 0.25) is 5.02 Å². The highest BCUT2D eigenvalue weighted by Gasteiger charge is 2.26. The van der Waals surface area contributed by atoms with Crippen molar-refractivity contribution >= 4 is 33.1 Å². The van der Waals surface area contributed by atoms with Crippen LogP contribution >= 0.6 is 11.6 Å². The summed E-state index contributed by atoms with van der Waals surface area (Å²) in [5, 5.41) is 3.65. The van der Waals surface area contributed by atoms with Gasteiger partial charge in [-0.1, -0.05) is 35.9 Å². The van der Waals surface area contributed by atoms with Gasteiger partial charge in [0.05, 0.1) is 5.69 Å². The van der Waals surface area contributed by atoms with E-state index in [1.54, 1.807) is 36.4 Å². The first kappa shape index (κ1) is 15.9. The fraction of sp³-hybridized carbons (Fsp3) is 0.0556. The topological polar surface area (TPSA) is 71.7 Å². The maximum Gasteiger partial charge on any atom is 0.286 e. The third kappa shape index (κ3) is 2.73. The van der Waals surface area contributed by atoms with Gasteiger partial charge < -0.3 is 9.73 Å². The summed E-state index contributed by atoms with van der Waals surface area (Å²) in [7, 11) is -3.77. The third-order valence-corrected chi connectivity index (χ3v) is 5.75. The van der Waals surface area contributed by atoms with E-state index >= 15 is 0 Å². The normalized spacial score (nSPS) is 15.2. The summed E-state index contributed by atoms with van der Waals surface area (Å²) < 4.78 is 34.4. The minimum absolute atomic E-state index is 0.149. The lowest BCUT2D eigenvalue weighted by atomic mass is 10.1. The van der Waals surface area contributed by atoms with Gasteiger partial charge in [-0.2, -0.15) is 8.42 Å². The number of halogens is 1. The van der Waals surface area contributed by atoms with E-state index < -0.39 is 10.0 Å². The first-order valence-electron chi connectivity index (χ1n) is 7.52. The highest BCUT2D eigenvalue weighted by molar-refractivity contribution is 7.90. The molecule has 2 aromatic carbocycles. The minimum atomic E-state index is -3.77. The molecule has 0 amide bonds. The van der Waals surface area contributed by atoms with Gasteiger partial charge in [-0.25, -0.2) is 0 Å². The van der Waals surface area contributed by atoms with Gasteiger partial charge in [-0.05, 0) is 42.8 Å². The van der Waals surface area contributed by atoms with E-state index in [1.807, 2.05) is 19.1 Å². The SMILES string of the molecule is Cc1c(Cl)cccc1-c1ccc(C2=NS(=O)(=O)c3ccccc3N2)o1. The predicted octanol–water partition coefficient (Wildman–Crippen LogP) is 4.47. The number of amidine groups is 1. The smallest absolute Gasteiger partial charge is 0.286 e. The van der Waals surface area contributed by atoms with Crippen LogP contribution < -0.4 is 5.32 Å². The van der Waals surface area contributed by atoms with Crippen molar-refractivity contribution in [2.75, 3.05) is 5.32 Å². The fourth-order valence-electron chi connectivity index (χ4n) is 2.71. The predicted molar refractivity (Wildman–Crippen MR) is 97.7 cm³/mol. The Bertz CT molecular complexity index is 1120. The fourth-order valence-corrected chi connectivity index (χ4v) is 4.00. The van der Waals surface area contributed by atoms with Crippen molar-refractivity contribution in [1.82, 2.24) is 0 Å². The number of rotatable bonds is 2. The largest absolute Gasteiger partial charge is 0.453 e. The van der Waals surface area contributed by atoms with Crippen LogP contribution in [-0.2, 0) is 10.0 Å². The number of anilines is 1. The van der Waals surface area contributed by atoms with Gasteiger partial charge in [-0.3, -0.25) is 0 Å². The first-order valence-corrected chi connectivity index (χ1v) is 9.34. The summed E-state index contributed by atoms with van der Waals surface area (Å²) in [6, 6.07) is 15.6. The van der Waals surface area contributed by atoms with Gasteiger partial charge in [-0.15, -0.1) is 4.40 Å². The van der Waals surface area contributed by atoms with Crippen molar-refractivity contribution in [3.63, 3.8) is 0 Å². The van der Waals surface area contributed by atoms with E-state index in [9.17, 15) is 8.42 Å². The number of para-hydroxylation sites is 1. The van der Waals surface area contributed by atoms with E-state index in [2.05, 4.69) is 9.71 Å². The van der Waals surface area contributed by atoms with Crippen LogP contribution in [0.25, 0.3) is 11.3 Å². The van der Waals surface area contributed by atoms with Crippen molar-refractivity contribution in [2.24, 2.45) is 4.40 Å². The lowest BCUT2D eigenvalue weighted by Crippen LogP contribution is -2.21. The number of nitrogens with zero attached hydrogens (tertiary/aromatic N) is 1. The molecule has 0 radical (unpaired) electrons. The molecule has 0 atom stereocenters. The van der Waals surface area contributed by atoms with Crippen LogP contribution in [-0.4, -0.2) is 14.3 Å². The molecule has 0 fully saturated rings. The Labute approximate surface area is 150 Å². The molecule has 0 spiro atoms. The molecule has 0 aliphatic carbocycles. The zero-order valence-corrected chi connectivity index (χ0v) is 14.7. The molecule has 0 unspecified atom stereocenters. The van der Waals surface area contributed by atoms with E-state index in [1.165, 1.54) is 6.07 Å². The molecule has 1 N–H and O–H groups in total. The Morgan fingerprint density at radius 1 is 1.00 bits per heavy atom. The van der Waals surface area contributed by atoms with Crippen molar-refractivity contribution < 1.29 is 12.8 Å². The molecule has 25 heavy (non-hydrogen) atoms. The minimum Gasteiger partial charge on any atom is -0.453 e. The Hall–Kier alpha value is -2.57. The molecular weight excluding hydrogens is 360 g/mol. The highest BCUT2D eigenvalue weighted by Crippen LogP contribution is 2.32. The van der Waals surface area contributed by atoms with Gasteiger partial charge in [0.2, 0.25) is 0 Å². The van der Waals surface area contributed by atoms with Crippen LogP contribution in [0.4, 0.5) is 5.69 Å². The van der Waals surface area contributed by atoms with Crippen LogP contribution in [0.5, 0.6) is 0 Å². The summed E-state index contributed by atoms with van der Waals surface area (Å²) in [6.07, 6.45) is 0. The number of sulfonamides is 1. The van der Waals surface area contributed by atoms with Crippen molar-refractivity contribution in [1.29, 1.82) is 0 Å². The molecule has 1 aromatic heterocycles. The average Bonchev–Trinajstić information content (AvgIpc) is 3.07. The molecule has 0 saturated carbocycles. The molecule has 3 aromatic rings. The maximum absolute atomic E-state index is 12.3. The molecular formula is C18H13ClN2O3S. The quantitative estimate of drug-likeness (QED) is 0.720. The van der Waals surface area contributed by atoms with E-state index in [4.69, 9.17) is 16.0 Å². The van der Waals surface area contributed by atoms with Gasteiger partial charge in [0.25, 0.3) is 10.0 Å². The summed E-state index contributed by atoms with van der Waals surface area (Å²) in [5.41, 5.74) is 2.21. The Morgan fingerprint density at radius 3 is 2.60 bits per heavy atom. The van der Waals surface area contributed by atoms with Crippen LogP contribution in [0.15, 0.2) is 68.3 Å². The second-order valence-corrected chi connectivity index (χ2v) is 7.59. The van der Waals surface area contributed by atoms with Crippen LogP contribution in [0.1, 0.15) is 11.3 Å². The van der Waals surface area contributed by atoms with Crippen LogP contribution in [0.3, 0.4) is 0 Å². The molecule has 0 saturated heterocycles. The lowest BCUT2D eigenvalue weighted by molar-refractivity contribution is 0.570. The van der Waals surface area contributed by atoms with E-state index in [0.29, 0.717) is 22.2 Å². The van der Waals surface area contributed by atoms with Crippen molar-refractivity contribution in [2.45, 2.75) is 11.8 Å². The van der Waals surface area contributed by atoms with Crippen molar-refractivity contribution in [3.8, 4) is 11.3 Å². The number of nitrogens with one attached hydrogen (secondary N) is 1. The summed E-state index contributed by atoms with van der Waals surface area (Å²) in [6.45, 7) is 1.90. The Morgan fingerprint density at radius 2 is 1.76 bits per heavy atom. The first-order chi connectivity index (χ1) is 12.0. The molecule has 126 valence electrons. The molecule has 4 rings (SSSR count). The molecule has 1 aliphatic heterocycles.